The van der Waals surface area contributed by atoms with Crippen LogP contribution < -0.4 is 0 Å². The topological polar surface area (TPSA) is 46.5 Å². The highest BCUT2D eigenvalue weighted by Crippen LogP contribution is 2.38. The Morgan fingerprint density at radius 2 is 1.86 bits per heavy atom. The van der Waals surface area contributed by atoms with Gasteiger partial charge in [0.05, 0.1) is 24.2 Å². The Morgan fingerprint density at radius 1 is 1.29 bits per heavy atom. The molecule has 0 bridgehead atoms. The molecule has 1 rings (SSSR count). The van der Waals surface area contributed by atoms with E-state index in [1.54, 1.807) is 20.8 Å². The van der Waals surface area contributed by atoms with Crippen LogP contribution in [0.3, 0.4) is 0 Å². The minimum Gasteiger partial charge on any atom is -0.466 e. The van der Waals surface area contributed by atoms with E-state index < -0.39 is 29.7 Å². The number of aliphatic hydroxyl groups excluding tert-OH is 1. The summed E-state index contributed by atoms with van der Waals surface area (Å²) in [7, 11) is 0. The van der Waals surface area contributed by atoms with Crippen molar-refractivity contribution >= 4 is 5.97 Å². The van der Waals surface area contributed by atoms with Crippen LogP contribution in [0, 0.1) is 11.8 Å². The summed E-state index contributed by atoms with van der Waals surface area (Å²) in [6.45, 7) is 5.02. The van der Waals surface area contributed by atoms with Gasteiger partial charge in [0.1, 0.15) is 0 Å². The highest BCUT2D eigenvalue weighted by Gasteiger charge is 2.39. The average molecular weight is 304 g/mol. The number of esters is 1. The van der Waals surface area contributed by atoms with Crippen molar-refractivity contribution in [2.24, 2.45) is 11.8 Å². The van der Waals surface area contributed by atoms with Gasteiger partial charge in [-0.15, -0.1) is 0 Å². The number of aliphatic hydroxyl groups is 1. The Morgan fingerprint density at radius 3 is 2.33 bits per heavy atom. The Balaban J connectivity index is 3.22. The lowest BCUT2D eigenvalue weighted by atomic mass is 9.84. The van der Waals surface area contributed by atoms with E-state index in [0.717, 1.165) is 6.07 Å². The van der Waals surface area contributed by atoms with Gasteiger partial charge in [-0.25, -0.2) is 0 Å². The first kappa shape index (κ1) is 17.5. The number of ether oxygens (including phenoxy) is 1. The van der Waals surface area contributed by atoms with Gasteiger partial charge in [-0.1, -0.05) is 32.0 Å². The van der Waals surface area contributed by atoms with Crippen LogP contribution in [-0.2, 0) is 15.7 Å². The van der Waals surface area contributed by atoms with Gasteiger partial charge >= 0.3 is 12.1 Å². The minimum atomic E-state index is -4.59. The van der Waals surface area contributed by atoms with Gasteiger partial charge in [0.25, 0.3) is 0 Å². The van der Waals surface area contributed by atoms with Gasteiger partial charge < -0.3 is 9.84 Å². The first-order valence-electron chi connectivity index (χ1n) is 6.71. The zero-order valence-electron chi connectivity index (χ0n) is 12.1. The van der Waals surface area contributed by atoms with E-state index in [1.807, 2.05) is 0 Å². The number of carbonyl (C=O) groups is 1. The van der Waals surface area contributed by atoms with Crippen LogP contribution >= 0.6 is 0 Å². The lowest BCUT2D eigenvalue weighted by Gasteiger charge is -2.26. The molecule has 1 aromatic rings. The maximum atomic E-state index is 13.0. The molecule has 0 radical (unpaired) electrons. The van der Waals surface area contributed by atoms with Gasteiger partial charge in [-0.2, -0.15) is 13.2 Å². The first-order valence-corrected chi connectivity index (χ1v) is 6.71. The van der Waals surface area contributed by atoms with Crippen LogP contribution in [0.2, 0.25) is 0 Å². The van der Waals surface area contributed by atoms with E-state index in [4.69, 9.17) is 4.74 Å². The van der Waals surface area contributed by atoms with Crippen molar-refractivity contribution in [3.05, 3.63) is 35.4 Å². The van der Waals surface area contributed by atoms with E-state index in [9.17, 15) is 23.1 Å². The third kappa shape index (κ3) is 4.20. The second kappa shape index (κ2) is 6.93. The molecule has 0 saturated heterocycles. The largest absolute Gasteiger partial charge is 0.466 e. The lowest BCUT2D eigenvalue weighted by Crippen LogP contribution is -2.30. The summed E-state index contributed by atoms with van der Waals surface area (Å²) >= 11 is 0. The molecule has 0 aliphatic heterocycles. The molecule has 118 valence electrons. The van der Waals surface area contributed by atoms with Crippen molar-refractivity contribution in [3.8, 4) is 0 Å². The normalized spacial score (nSPS) is 14.9. The van der Waals surface area contributed by atoms with Crippen molar-refractivity contribution in [2.75, 3.05) is 6.61 Å². The highest BCUT2D eigenvalue weighted by atomic mass is 19.4. The predicted octanol–water partition coefficient (Wildman–Crippen LogP) is 3.57. The van der Waals surface area contributed by atoms with E-state index >= 15 is 0 Å². The number of alkyl halides is 3. The van der Waals surface area contributed by atoms with Crippen LogP contribution in [-0.4, -0.2) is 17.7 Å². The molecule has 2 unspecified atom stereocenters. The third-order valence-electron chi connectivity index (χ3n) is 3.20. The molecule has 0 aromatic heterocycles. The van der Waals surface area contributed by atoms with Gasteiger partial charge in [-0.05, 0) is 24.5 Å². The van der Waals surface area contributed by atoms with Gasteiger partial charge in [0.2, 0.25) is 0 Å². The molecule has 0 spiro atoms. The Labute approximate surface area is 121 Å². The first-order chi connectivity index (χ1) is 9.70. The molecule has 0 heterocycles. The van der Waals surface area contributed by atoms with Crippen molar-refractivity contribution in [2.45, 2.75) is 33.1 Å². The number of benzene rings is 1. The molecular weight excluding hydrogens is 285 g/mol. The Bertz CT molecular complexity index is 483. The Kier molecular flexibility index (Phi) is 5.78. The van der Waals surface area contributed by atoms with Crippen molar-refractivity contribution < 1.29 is 27.8 Å². The number of rotatable bonds is 5. The zero-order valence-corrected chi connectivity index (χ0v) is 12.1. The van der Waals surface area contributed by atoms with Gasteiger partial charge in [0, 0.05) is 0 Å². The summed E-state index contributed by atoms with van der Waals surface area (Å²) in [4.78, 5) is 11.9. The molecule has 1 N–H and O–H groups in total. The molecule has 6 heteroatoms. The SMILES string of the molecule is CCOC(=O)C(C(C)C)C(O)c1ccccc1C(F)(F)F. The molecule has 2 atom stereocenters. The smallest absolute Gasteiger partial charge is 0.416 e. The van der Waals surface area contributed by atoms with Crippen LogP contribution in [0.1, 0.15) is 38.0 Å². The van der Waals surface area contributed by atoms with Crippen LogP contribution in [0.5, 0.6) is 0 Å². The third-order valence-corrected chi connectivity index (χ3v) is 3.20. The fraction of sp³-hybridized carbons (Fsp3) is 0.533. The number of hydrogen-bond donors (Lipinski definition) is 1. The fourth-order valence-electron chi connectivity index (χ4n) is 2.21. The molecule has 0 aliphatic carbocycles. The van der Waals surface area contributed by atoms with Crippen LogP contribution in [0.4, 0.5) is 13.2 Å². The summed E-state index contributed by atoms with van der Waals surface area (Å²) in [6.07, 6.45) is -6.16. The van der Waals surface area contributed by atoms with E-state index in [0.29, 0.717) is 0 Å². The maximum Gasteiger partial charge on any atom is 0.416 e. The highest BCUT2D eigenvalue weighted by molar-refractivity contribution is 5.73. The molecule has 0 fully saturated rings. The second-order valence-corrected chi connectivity index (χ2v) is 5.05. The molecule has 21 heavy (non-hydrogen) atoms. The van der Waals surface area contributed by atoms with Crippen LogP contribution in [0.15, 0.2) is 24.3 Å². The summed E-state index contributed by atoms with van der Waals surface area (Å²) in [5.74, 6) is -2.11. The standard InChI is InChI=1S/C15H19F3O3/c1-4-21-14(20)12(9(2)3)13(19)10-7-5-6-8-11(10)15(16,17)18/h5-9,12-13,19H,4H2,1-3H3. The molecule has 0 saturated carbocycles. The lowest BCUT2D eigenvalue weighted by molar-refractivity contribution is -0.156. The molecule has 0 aliphatic rings. The quantitative estimate of drug-likeness (QED) is 0.846. The maximum absolute atomic E-state index is 13.0. The summed E-state index contributed by atoms with van der Waals surface area (Å²) in [5, 5.41) is 10.3. The summed E-state index contributed by atoms with van der Waals surface area (Å²) < 4.78 is 43.8. The van der Waals surface area contributed by atoms with Crippen LogP contribution in [0.25, 0.3) is 0 Å². The van der Waals surface area contributed by atoms with E-state index in [1.165, 1.54) is 18.2 Å². The summed E-state index contributed by atoms with van der Waals surface area (Å²) in [6, 6.07) is 4.72. The van der Waals surface area contributed by atoms with Gasteiger partial charge in [-0.3, -0.25) is 4.79 Å². The van der Waals surface area contributed by atoms with Gasteiger partial charge in [0.15, 0.2) is 0 Å². The average Bonchev–Trinajstić information content (AvgIpc) is 2.37. The molecule has 0 amide bonds. The molecule has 3 nitrogen and oxygen atoms in total. The van der Waals surface area contributed by atoms with E-state index in [2.05, 4.69) is 0 Å². The number of hydrogen-bond acceptors (Lipinski definition) is 3. The molecule has 1 aromatic carbocycles. The predicted molar refractivity (Wildman–Crippen MR) is 71.4 cm³/mol. The van der Waals surface area contributed by atoms with Crippen molar-refractivity contribution in [1.82, 2.24) is 0 Å². The molecular formula is C15H19F3O3. The summed E-state index contributed by atoms with van der Waals surface area (Å²) in [5.41, 5.74) is -1.25. The van der Waals surface area contributed by atoms with Crippen molar-refractivity contribution in [1.29, 1.82) is 0 Å². The monoisotopic (exact) mass is 304 g/mol. The zero-order chi connectivity index (χ0) is 16.2. The van der Waals surface area contributed by atoms with E-state index in [-0.39, 0.29) is 18.1 Å². The number of carbonyl (C=O) groups excluding carboxylic acids is 1. The Hall–Kier alpha value is -1.56. The van der Waals surface area contributed by atoms with Crippen molar-refractivity contribution in [3.63, 3.8) is 0 Å². The number of halogens is 3. The fourth-order valence-corrected chi connectivity index (χ4v) is 2.21. The second-order valence-electron chi connectivity index (χ2n) is 5.05. The minimum absolute atomic E-state index is 0.107.